The van der Waals surface area contributed by atoms with Crippen molar-refractivity contribution in [3.63, 3.8) is 0 Å². The van der Waals surface area contributed by atoms with Gasteiger partial charge in [-0.15, -0.1) is 0 Å². The average Bonchev–Trinajstić information content (AvgIpc) is 2.17. The molecule has 1 aromatic carbocycles. The summed E-state index contributed by atoms with van der Waals surface area (Å²) in [5.74, 6) is -0.164. The minimum absolute atomic E-state index is 0.0707. The van der Waals surface area contributed by atoms with Gasteiger partial charge in [0.25, 0.3) is 5.69 Å². The quantitative estimate of drug-likeness (QED) is 0.429. The molecule has 0 atom stereocenters. The summed E-state index contributed by atoms with van der Waals surface area (Å²) in [4.78, 5) is 20.9. The van der Waals surface area contributed by atoms with E-state index in [-0.39, 0.29) is 23.7 Å². The van der Waals surface area contributed by atoms with Gasteiger partial charge in [0, 0.05) is 13.1 Å². The molecule has 0 aromatic heterocycles. The molecule has 0 aliphatic carbocycles. The predicted molar refractivity (Wildman–Crippen MR) is 55.3 cm³/mol. The molecule has 80 valence electrons. The van der Waals surface area contributed by atoms with Crippen molar-refractivity contribution in [1.29, 1.82) is 0 Å². The molecule has 0 heterocycles. The Bertz CT molecular complexity index is 404. The van der Waals surface area contributed by atoms with Crippen molar-refractivity contribution in [2.45, 2.75) is 6.42 Å². The molecule has 0 aliphatic heterocycles. The van der Waals surface area contributed by atoms with Gasteiger partial charge >= 0.3 is 0 Å². The third-order valence-electron chi connectivity index (χ3n) is 1.93. The average molecular weight is 209 g/mol. The van der Waals surface area contributed by atoms with E-state index in [0.717, 1.165) is 0 Å². The van der Waals surface area contributed by atoms with Crippen molar-refractivity contribution >= 4 is 17.3 Å². The van der Waals surface area contributed by atoms with Gasteiger partial charge in [-0.25, -0.2) is 0 Å². The first kappa shape index (κ1) is 11.0. The van der Waals surface area contributed by atoms with E-state index >= 15 is 0 Å². The molecular weight excluding hydrogens is 198 g/mol. The number of nitro groups is 1. The summed E-state index contributed by atoms with van der Waals surface area (Å²) >= 11 is 0. The number of rotatable bonds is 3. The fourth-order valence-electron chi connectivity index (χ4n) is 1.15. The van der Waals surface area contributed by atoms with Gasteiger partial charge in [0.05, 0.1) is 11.3 Å². The number of hydrogen-bond acceptors (Lipinski definition) is 4. The Morgan fingerprint density at radius 1 is 1.60 bits per heavy atom. The standard InChI is InChI=1S/C9H11N3O3/c1-11-9(13)5-6-2-3-8(12(14)15)7(10)4-6/h2-4H,5,10H2,1H3,(H,11,13). The molecule has 1 rings (SSSR count). The number of hydrogen-bond donors (Lipinski definition) is 2. The Balaban J connectivity index is 2.91. The number of likely N-dealkylation sites (N-methyl/N-ethyl adjacent to an activating group) is 1. The van der Waals surface area contributed by atoms with Gasteiger partial charge in [0.1, 0.15) is 5.69 Å². The Morgan fingerprint density at radius 2 is 2.27 bits per heavy atom. The van der Waals surface area contributed by atoms with E-state index in [2.05, 4.69) is 5.32 Å². The van der Waals surface area contributed by atoms with Crippen LogP contribution < -0.4 is 11.1 Å². The second kappa shape index (κ2) is 4.41. The molecule has 0 saturated carbocycles. The first-order valence-electron chi connectivity index (χ1n) is 4.28. The Morgan fingerprint density at radius 3 is 2.73 bits per heavy atom. The van der Waals surface area contributed by atoms with Gasteiger partial charge in [-0.2, -0.15) is 0 Å². The van der Waals surface area contributed by atoms with Crippen LogP contribution in [0.2, 0.25) is 0 Å². The minimum atomic E-state index is -0.557. The van der Waals surface area contributed by atoms with Crippen LogP contribution in [-0.4, -0.2) is 17.9 Å². The molecule has 0 saturated heterocycles. The lowest BCUT2D eigenvalue weighted by Gasteiger charge is -2.02. The number of amides is 1. The van der Waals surface area contributed by atoms with Crippen LogP contribution in [0, 0.1) is 10.1 Å². The molecule has 3 N–H and O–H groups in total. The topological polar surface area (TPSA) is 98.3 Å². The largest absolute Gasteiger partial charge is 0.393 e. The number of benzene rings is 1. The molecule has 0 aliphatic rings. The normalized spacial score (nSPS) is 9.67. The summed E-state index contributed by atoms with van der Waals surface area (Å²) in [5.41, 5.74) is 6.04. The van der Waals surface area contributed by atoms with Crippen LogP contribution in [0.15, 0.2) is 18.2 Å². The molecule has 6 heteroatoms. The smallest absolute Gasteiger partial charge is 0.292 e. The summed E-state index contributed by atoms with van der Waals surface area (Å²) in [6.07, 6.45) is 0.165. The molecule has 6 nitrogen and oxygen atoms in total. The third-order valence-corrected chi connectivity index (χ3v) is 1.93. The monoisotopic (exact) mass is 209 g/mol. The van der Waals surface area contributed by atoms with E-state index in [0.29, 0.717) is 5.56 Å². The maximum absolute atomic E-state index is 11.0. The van der Waals surface area contributed by atoms with E-state index < -0.39 is 4.92 Å². The van der Waals surface area contributed by atoms with Crippen molar-refractivity contribution in [1.82, 2.24) is 5.32 Å². The summed E-state index contributed by atoms with van der Waals surface area (Å²) < 4.78 is 0. The molecule has 0 spiro atoms. The molecular formula is C9H11N3O3. The van der Waals surface area contributed by atoms with Gasteiger partial charge < -0.3 is 11.1 Å². The number of anilines is 1. The van der Waals surface area contributed by atoms with Crippen molar-refractivity contribution in [2.24, 2.45) is 0 Å². The van der Waals surface area contributed by atoms with Gasteiger partial charge in [-0.05, 0) is 11.6 Å². The Hall–Kier alpha value is -2.11. The van der Waals surface area contributed by atoms with Crippen LogP contribution in [0.25, 0.3) is 0 Å². The van der Waals surface area contributed by atoms with Crippen molar-refractivity contribution in [2.75, 3.05) is 12.8 Å². The van der Waals surface area contributed by atoms with Crippen LogP contribution >= 0.6 is 0 Å². The van der Waals surface area contributed by atoms with Crippen LogP contribution in [0.5, 0.6) is 0 Å². The third kappa shape index (κ3) is 2.67. The maximum atomic E-state index is 11.0. The summed E-state index contributed by atoms with van der Waals surface area (Å²) in [5, 5.41) is 12.9. The van der Waals surface area contributed by atoms with Crippen LogP contribution in [-0.2, 0) is 11.2 Å². The van der Waals surface area contributed by atoms with Crippen molar-refractivity contribution in [3.8, 4) is 0 Å². The van der Waals surface area contributed by atoms with Crippen LogP contribution in [0.1, 0.15) is 5.56 Å². The lowest BCUT2D eigenvalue weighted by molar-refractivity contribution is -0.383. The Kier molecular flexibility index (Phi) is 3.22. The lowest BCUT2D eigenvalue weighted by atomic mass is 10.1. The zero-order valence-electron chi connectivity index (χ0n) is 8.19. The van der Waals surface area contributed by atoms with Gasteiger partial charge in [0.2, 0.25) is 5.91 Å². The summed E-state index contributed by atoms with van der Waals surface area (Å²) in [7, 11) is 1.52. The molecule has 0 bridgehead atoms. The first-order chi connectivity index (χ1) is 7.04. The van der Waals surface area contributed by atoms with Crippen molar-refractivity contribution < 1.29 is 9.72 Å². The highest BCUT2D eigenvalue weighted by molar-refractivity contribution is 5.79. The number of carbonyl (C=O) groups is 1. The number of nitrogens with one attached hydrogen (secondary N) is 1. The highest BCUT2D eigenvalue weighted by Gasteiger charge is 2.11. The van der Waals surface area contributed by atoms with Gasteiger partial charge in [0.15, 0.2) is 0 Å². The molecule has 1 amide bonds. The summed E-state index contributed by atoms with van der Waals surface area (Å²) in [6, 6.07) is 4.25. The number of nitro benzene ring substituents is 1. The van der Waals surface area contributed by atoms with Crippen LogP contribution in [0.4, 0.5) is 11.4 Å². The summed E-state index contributed by atoms with van der Waals surface area (Å²) in [6.45, 7) is 0. The van der Waals surface area contributed by atoms with E-state index in [1.807, 2.05) is 0 Å². The first-order valence-corrected chi connectivity index (χ1v) is 4.28. The molecule has 1 aromatic rings. The van der Waals surface area contributed by atoms with E-state index in [4.69, 9.17) is 5.73 Å². The second-order valence-electron chi connectivity index (χ2n) is 3.00. The van der Waals surface area contributed by atoms with Gasteiger partial charge in [-0.3, -0.25) is 14.9 Å². The van der Waals surface area contributed by atoms with E-state index in [1.165, 1.54) is 25.2 Å². The Labute approximate surface area is 86.2 Å². The fraction of sp³-hybridized carbons (Fsp3) is 0.222. The number of nitrogen functional groups attached to an aromatic ring is 1. The fourth-order valence-corrected chi connectivity index (χ4v) is 1.15. The number of nitrogens with zero attached hydrogens (tertiary/aromatic N) is 1. The molecule has 0 radical (unpaired) electrons. The van der Waals surface area contributed by atoms with Crippen molar-refractivity contribution in [3.05, 3.63) is 33.9 Å². The number of nitrogens with two attached hydrogens (primary N) is 1. The SMILES string of the molecule is CNC(=O)Cc1ccc([N+](=O)[O-])c(N)c1. The zero-order chi connectivity index (χ0) is 11.4. The molecule has 15 heavy (non-hydrogen) atoms. The number of carbonyl (C=O) groups excluding carboxylic acids is 1. The minimum Gasteiger partial charge on any atom is -0.393 e. The highest BCUT2D eigenvalue weighted by Crippen LogP contribution is 2.22. The maximum Gasteiger partial charge on any atom is 0.292 e. The van der Waals surface area contributed by atoms with E-state index in [9.17, 15) is 14.9 Å². The highest BCUT2D eigenvalue weighted by atomic mass is 16.6. The predicted octanol–water partition coefficient (Wildman–Crippen LogP) is 0.465. The second-order valence-corrected chi connectivity index (χ2v) is 3.00. The lowest BCUT2D eigenvalue weighted by Crippen LogP contribution is -2.19. The van der Waals surface area contributed by atoms with Gasteiger partial charge in [-0.1, -0.05) is 6.07 Å². The zero-order valence-corrected chi connectivity index (χ0v) is 8.19. The molecule has 0 fully saturated rings. The van der Waals surface area contributed by atoms with Crippen LogP contribution in [0.3, 0.4) is 0 Å². The van der Waals surface area contributed by atoms with E-state index in [1.54, 1.807) is 0 Å². The molecule has 0 unspecified atom stereocenters.